The Hall–Kier alpha value is -2.37. The van der Waals surface area contributed by atoms with Crippen LogP contribution in [0.3, 0.4) is 0 Å². The van der Waals surface area contributed by atoms with Gasteiger partial charge in [0, 0.05) is 44.4 Å². The molecule has 0 spiro atoms. The molecule has 112 valence electrons. The van der Waals surface area contributed by atoms with Gasteiger partial charge in [-0.25, -0.2) is 4.98 Å². The van der Waals surface area contributed by atoms with E-state index in [0.717, 1.165) is 31.6 Å². The Morgan fingerprint density at radius 3 is 2.95 bits per heavy atom. The predicted octanol–water partition coefficient (Wildman–Crippen LogP) is 1.92. The summed E-state index contributed by atoms with van der Waals surface area (Å²) in [7, 11) is 0. The zero-order chi connectivity index (χ0) is 14.9. The fourth-order valence-corrected chi connectivity index (χ4v) is 1.97. The second-order valence-corrected chi connectivity index (χ2v) is 4.76. The first kappa shape index (κ1) is 15.0. The molecule has 0 aliphatic rings. The molecule has 2 aromatic rings. The van der Waals surface area contributed by atoms with Crippen LogP contribution in [-0.2, 0) is 6.54 Å². The molecule has 2 N–H and O–H groups in total. The molecule has 0 saturated heterocycles. The summed E-state index contributed by atoms with van der Waals surface area (Å²) < 4.78 is 1.99. The number of nitrogens with one attached hydrogen (secondary N) is 2. The van der Waals surface area contributed by atoms with Gasteiger partial charge in [-0.1, -0.05) is 6.92 Å². The molecule has 0 aliphatic heterocycles. The van der Waals surface area contributed by atoms with Gasteiger partial charge in [0.25, 0.3) is 5.91 Å². The maximum Gasteiger partial charge on any atom is 0.254 e. The second-order valence-electron chi connectivity index (χ2n) is 4.76. The quantitative estimate of drug-likeness (QED) is 0.728. The number of pyridine rings is 1. The van der Waals surface area contributed by atoms with Crippen LogP contribution in [0.2, 0.25) is 0 Å². The highest BCUT2D eigenvalue weighted by molar-refractivity contribution is 5.99. The van der Waals surface area contributed by atoms with Crippen LogP contribution >= 0.6 is 0 Å². The van der Waals surface area contributed by atoms with Gasteiger partial charge in [0.05, 0.1) is 17.6 Å². The highest BCUT2D eigenvalue weighted by Gasteiger charge is 2.10. The Morgan fingerprint density at radius 2 is 2.19 bits per heavy atom. The SMILES string of the molecule is CCCNc1ccncc1C(=O)NCCCn1ccnc1. The van der Waals surface area contributed by atoms with E-state index in [1.807, 2.05) is 16.8 Å². The first-order valence-corrected chi connectivity index (χ1v) is 7.23. The average Bonchev–Trinajstić information content (AvgIpc) is 3.03. The molecular weight excluding hydrogens is 266 g/mol. The third-order valence-corrected chi connectivity index (χ3v) is 3.07. The van der Waals surface area contributed by atoms with E-state index in [1.54, 1.807) is 24.9 Å². The summed E-state index contributed by atoms with van der Waals surface area (Å²) >= 11 is 0. The van der Waals surface area contributed by atoms with E-state index in [4.69, 9.17) is 0 Å². The van der Waals surface area contributed by atoms with E-state index < -0.39 is 0 Å². The average molecular weight is 287 g/mol. The number of rotatable bonds is 8. The van der Waals surface area contributed by atoms with Crippen molar-refractivity contribution >= 4 is 11.6 Å². The van der Waals surface area contributed by atoms with Crippen molar-refractivity contribution in [3.05, 3.63) is 42.7 Å². The fourth-order valence-electron chi connectivity index (χ4n) is 1.97. The number of hydrogen-bond donors (Lipinski definition) is 2. The molecule has 21 heavy (non-hydrogen) atoms. The van der Waals surface area contributed by atoms with Crippen molar-refractivity contribution in [2.75, 3.05) is 18.4 Å². The number of amides is 1. The molecule has 2 aromatic heterocycles. The summed E-state index contributed by atoms with van der Waals surface area (Å²) in [5.41, 5.74) is 1.42. The summed E-state index contributed by atoms with van der Waals surface area (Å²) in [6.07, 6.45) is 10.6. The molecule has 0 fully saturated rings. The lowest BCUT2D eigenvalue weighted by Gasteiger charge is -2.11. The molecular formula is C15H21N5O. The normalized spacial score (nSPS) is 10.3. The highest BCUT2D eigenvalue weighted by Crippen LogP contribution is 2.13. The Kier molecular flexibility index (Phi) is 5.75. The molecule has 6 nitrogen and oxygen atoms in total. The molecule has 2 rings (SSSR count). The van der Waals surface area contributed by atoms with E-state index in [9.17, 15) is 4.79 Å². The van der Waals surface area contributed by atoms with Gasteiger partial charge >= 0.3 is 0 Å². The number of imidazole rings is 1. The standard InChI is InChI=1S/C15H21N5O/c1-2-5-18-14-4-7-16-11-13(14)15(21)19-6-3-9-20-10-8-17-12-20/h4,7-8,10-12H,2-3,5-6,9H2,1H3,(H,16,18)(H,19,21). The van der Waals surface area contributed by atoms with Crippen LogP contribution in [0.5, 0.6) is 0 Å². The number of nitrogens with zero attached hydrogens (tertiary/aromatic N) is 3. The van der Waals surface area contributed by atoms with E-state index in [-0.39, 0.29) is 5.91 Å². The molecule has 0 bridgehead atoms. The molecule has 0 radical (unpaired) electrons. The van der Waals surface area contributed by atoms with Crippen LogP contribution < -0.4 is 10.6 Å². The number of hydrogen-bond acceptors (Lipinski definition) is 4. The Labute approximate surface area is 124 Å². The Balaban J connectivity index is 1.82. The van der Waals surface area contributed by atoms with Gasteiger partial charge in [0.2, 0.25) is 0 Å². The van der Waals surface area contributed by atoms with Gasteiger partial charge in [-0.2, -0.15) is 0 Å². The minimum atomic E-state index is -0.0904. The minimum Gasteiger partial charge on any atom is -0.384 e. The smallest absolute Gasteiger partial charge is 0.254 e. The molecule has 0 aromatic carbocycles. The van der Waals surface area contributed by atoms with Gasteiger partial charge in [-0.05, 0) is 18.9 Å². The van der Waals surface area contributed by atoms with Gasteiger partial charge in [-0.3, -0.25) is 9.78 Å². The topological polar surface area (TPSA) is 71.8 Å². The van der Waals surface area contributed by atoms with Crippen molar-refractivity contribution in [3.63, 3.8) is 0 Å². The molecule has 6 heteroatoms. The van der Waals surface area contributed by atoms with Crippen LogP contribution in [0.25, 0.3) is 0 Å². The number of anilines is 1. The molecule has 0 saturated carbocycles. The van der Waals surface area contributed by atoms with Gasteiger partial charge < -0.3 is 15.2 Å². The van der Waals surface area contributed by atoms with Gasteiger partial charge in [0.15, 0.2) is 0 Å². The Morgan fingerprint density at radius 1 is 1.29 bits per heavy atom. The third kappa shape index (κ3) is 4.59. The highest BCUT2D eigenvalue weighted by atomic mass is 16.1. The van der Waals surface area contributed by atoms with Crippen LogP contribution in [-0.4, -0.2) is 33.5 Å². The maximum absolute atomic E-state index is 12.2. The van der Waals surface area contributed by atoms with E-state index in [2.05, 4.69) is 27.5 Å². The lowest BCUT2D eigenvalue weighted by atomic mass is 10.2. The number of carbonyl (C=O) groups excluding carboxylic acids is 1. The van der Waals surface area contributed by atoms with Crippen molar-refractivity contribution in [1.29, 1.82) is 0 Å². The summed E-state index contributed by atoms with van der Waals surface area (Å²) in [6.45, 7) is 4.39. The zero-order valence-corrected chi connectivity index (χ0v) is 12.2. The van der Waals surface area contributed by atoms with E-state index in [0.29, 0.717) is 12.1 Å². The Bertz CT molecular complexity index is 553. The first-order valence-electron chi connectivity index (χ1n) is 7.23. The number of carbonyl (C=O) groups is 1. The molecule has 0 aliphatic carbocycles. The molecule has 2 heterocycles. The molecule has 0 unspecified atom stereocenters. The largest absolute Gasteiger partial charge is 0.384 e. The van der Waals surface area contributed by atoms with Gasteiger partial charge in [0.1, 0.15) is 0 Å². The third-order valence-electron chi connectivity index (χ3n) is 3.07. The first-order chi connectivity index (χ1) is 10.3. The number of aryl methyl sites for hydroxylation is 1. The minimum absolute atomic E-state index is 0.0904. The van der Waals surface area contributed by atoms with Crippen molar-refractivity contribution in [3.8, 4) is 0 Å². The molecule has 1 amide bonds. The van der Waals surface area contributed by atoms with E-state index >= 15 is 0 Å². The predicted molar refractivity (Wildman–Crippen MR) is 82.2 cm³/mol. The lowest BCUT2D eigenvalue weighted by Crippen LogP contribution is -2.26. The van der Waals surface area contributed by atoms with Crippen LogP contribution in [0, 0.1) is 0 Å². The van der Waals surface area contributed by atoms with Crippen LogP contribution in [0.4, 0.5) is 5.69 Å². The maximum atomic E-state index is 12.2. The number of aromatic nitrogens is 3. The summed E-state index contributed by atoms with van der Waals surface area (Å²) in [5, 5.41) is 6.17. The fraction of sp³-hybridized carbons (Fsp3) is 0.400. The summed E-state index contributed by atoms with van der Waals surface area (Å²) in [4.78, 5) is 20.2. The van der Waals surface area contributed by atoms with Crippen molar-refractivity contribution < 1.29 is 4.79 Å². The van der Waals surface area contributed by atoms with Crippen LogP contribution in [0.1, 0.15) is 30.1 Å². The summed E-state index contributed by atoms with van der Waals surface area (Å²) in [5.74, 6) is -0.0904. The van der Waals surface area contributed by atoms with Gasteiger partial charge in [-0.15, -0.1) is 0 Å². The summed E-state index contributed by atoms with van der Waals surface area (Å²) in [6, 6.07) is 1.83. The van der Waals surface area contributed by atoms with Crippen molar-refractivity contribution in [1.82, 2.24) is 19.9 Å². The van der Waals surface area contributed by atoms with Crippen LogP contribution in [0.15, 0.2) is 37.2 Å². The second kappa shape index (κ2) is 8.04. The monoisotopic (exact) mass is 287 g/mol. The molecule has 0 atom stereocenters. The van der Waals surface area contributed by atoms with Crippen molar-refractivity contribution in [2.45, 2.75) is 26.3 Å². The van der Waals surface area contributed by atoms with Crippen molar-refractivity contribution in [2.24, 2.45) is 0 Å². The zero-order valence-electron chi connectivity index (χ0n) is 12.2. The lowest BCUT2D eigenvalue weighted by molar-refractivity contribution is 0.0953. The van der Waals surface area contributed by atoms with E-state index in [1.165, 1.54) is 0 Å².